The number of carbonyl (C=O) groups is 1. The number of carbonyl (C=O) groups excluding carboxylic acids is 1. The molecule has 132 valence electrons. The first-order valence-electron chi connectivity index (χ1n) is 8.04. The zero-order valence-electron chi connectivity index (χ0n) is 13.8. The number of rotatable bonds is 4. The highest BCUT2D eigenvalue weighted by Gasteiger charge is 2.21. The molecule has 1 N–H and O–H groups in total. The second-order valence-electron chi connectivity index (χ2n) is 5.94. The Labute approximate surface area is 156 Å². The SMILES string of the molecule is CC(C(=O)NCc1cn2cc(Br)ccc2n1)n1c(=O)oc2ccccc21. The van der Waals surface area contributed by atoms with Crippen LogP contribution in [0.25, 0.3) is 16.7 Å². The molecule has 0 aliphatic heterocycles. The van der Waals surface area contributed by atoms with Crippen molar-refractivity contribution in [3.8, 4) is 0 Å². The van der Waals surface area contributed by atoms with Crippen LogP contribution >= 0.6 is 15.9 Å². The predicted octanol–water partition coefficient (Wildman–Crippen LogP) is 2.88. The molecule has 3 heterocycles. The first-order valence-corrected chi connectivity index (χ1v) is 8.83. The summed E-state index contributed by atoms with van der Waals surface area (Å²) < 4.78 is 9.36. The standard InChI is InChI=1S/C18H15BrN4O3/c1-11(23-14-4-2-3-5-15(14)26-18(23)25)17(24)20-8-13-10-22-9-12(19)6-7-16(22)21-13/h2-7,9-11H,8H2,1H3,(H,20,24). The van der Waals surface area contributed by atoms with Gasteiger partial charge in [-0.3, -0.25) is 9.36 Å². The number of pyridine rings is 1. The van der Waals surface area contributed by atoms with Gasteiger partial charge in [0.25, 0.3) is 0 Å². The van der Waals surface area contributed by atoms with Gasteiger partial charge < -0.3 is 14.1 Å². The third kappa shape index (κ3) is 2.92. The summed E-state index contributed by atoms with van der Waals surface area (Å²) >= 11 is 3.41. The summed E-state index contributed by atoms with van der Waals surface area (Å²) in [6.45, 7) is 1.94. The topological polar surface area (TPSA) is 81.5 Å². The van der Waals surface area contributed by atoms with E-state index >= 15 is 0 Å². The molecule has 4 aromatic rings. The fourth-order valence-corrected chi connectivity index (χ4v) is 3.25. The summed E-state index contributed by atoms with van der Waals surface area (Å²) in [6.07, 6.45) is 3.75. The summed E-state index contributed by atoms with van der Waals surface area (Å²) in [6, 6.07) is 10.1. The Bertz CT molecular complexity index is 1170. The van der Waals surface area contributed by atoms with Gasteiger partial charge in [-0.15, -0.1) is 0 Å². The quantitative estimate of drug-likeness (QED) is 0.556. The lowest BCUT2D eigenvalue weighted by Gasteiger charge is -2.12. The zero-order valence-corrected chi connectivity index (χ0v) is 15.4. The van der Waals surface area contributed by atoms with Gasteiger partial charge >= 0.3 is 5.76 Å². The van der Waals surface area contributed by atoms with Gasteiger partial charge in [0.15, 0.2) is 5.58 Å². The molecule has 8 heteroatoms. The lowest BCUT2D eigenvalue weighted by Crippen LogP contribution is -2.34. The van der Waals surface area contributed by atoms with Gasteiger partial charge in [-0.05, 0) is 47.1 Å². The summed E-state index contributed by atoms with van der Waals surface area (Å²) in [5.74, 6) is -0.830. The van der Waals surface area contributed by atoms with Crippen LogP contribution in [0.5, 0.6) is 0 Å². The molecular weight excluding hydrogens is 400 g/mol. The monoisotopic (exact) mass is 414 g/mol. The van der Waals surface area contributed by atoms with Gasteiger partial charge in [0, 0.05) is 16.9 Å². The number of fused-ring (bicyclic) bond motifs is 2. The number of hydrogen-bond donors (Lipinski definition) is 1. The number of halogens is 1. The lowest BCUT2D eigenvalue weighted by atomic mass is 10.2. The van der Waals surface area contributed by atoms with Crippen molar-refractivity contribution in [3.05, 3.63) is 69.5 Å². The summed E-state index contributed by atoms with van der Waals surface area (Å²) in [5.41, 5.74) is 2.58. The minimum absolute atomic E-state index is 0.271. The van der Waals surface area contributed by atoms with E-state index in [-0.39, 0.29) is 12.5 Å². The van der Waals surface area contributed by atoms with E-state index in [0.29, 0.717) is 11.1 Å². The van der Waals surface area contributed by atoms with E-state index in [0.717, 1.165) is 15.8 Å². The van der Waals surface area contributed by atoms with Crippen molar-refractivity contribution in [2.24, 2.45) is 0 Å². The highest BCUT2D eigenvalue weighted by atomic mass is 79.9. The molecule has 0 saturated heterocycles. The molecule has 0 spiro atoms. The largest absolute Gasteiger partial charge is 0.420 e. The summed E-state index contributed by atoms with van der Waals surface area (Å²) in [5, 5.41) is 2.83. The van der Waals surface area contributed by atoms with Gasteiger partial charge in [0.05, 0.1) is 17.8 Å². The molecule has 1 aromatic carbocycles. The summed E-state index contributed by atoms with van der Waals surface area (Å²) in [4.78, 5) is 29.1. The van der Waals surface area contributed by atoms with Crippen molar-refractivity contribution in [1.29, 1.82) is 0 Å². The maximum absolute atomic E-state index is 12.5. The number of para-hydroxylation sites is 2. The maximum atomic E-state index is 12.5. The van der Waals surface area contributed by atoms with E-state index in [9.17, 15) is 9.59 Å². The minimum Gasteiger partial charge on any atom is -0.408 e. The Kier molecular flexibility index (Phi) is 4.12. The van der Waals surface area contributed by atoms with Crippen LogP contribution in [0, 0.1) is 0 Å². The Morgan fingerprint density at radius 2 is 2.08 bits per heavy atom. The van der Waals surface area contributed by atoms with Crippen molar-refractivity contribution in [3.63, 3.8) is 0 Å². The molecule has 0 radical (unpaired) electrons. The molecular formula is C18H15BrN4O3. The minimum atomic E-state index is -0.697. The number of nitrogens with one attached hydrogen (secondary N) is 1. The second kappa shape index (κ2) is 6.45. The fourth-order valence-electron chi connectivity index (χ4n) is 2.90. The van der Waals surface area contributed by atoms with Crippen LogP contribution in [0.1, 0.15) is 18.7 Å². The molecule has 1 unspecified atom stereocenters. The molecule has 1 atom stereocenters. The van der Waals surface area contributed by atoms with E-state index < -0.39 is 11.8 Å². The lowest BCUT2D eigenvalue weighted by molar-refractivity contribution is -0.124. The number of oxazole rings is 1. The molecule has 0 aliphatic rings. The average molecular weight is 415 g/mol. The molecule has 0 fully saturated rings. The Morgan fingerprint density at radius 1 is 1.27 bits per heavy atom. The average Bonchev–Trinajstić information content (AvgIpc) is 3.18. The maximum Gasteiger partial charge on any atom is 0.420 e. The molecule has 0 bridgehead atoms. The van der Waals surface area contributed by atoms with Crippen LogP contribution in [0.2, 0.25) is 0 Å². The van der Waals surface area contributed by atoms with E-state index in [1.807, 2.05) is 28.9 Å². The van der Waals surface area contributed by atoms with Crippen molar-refractivity contribution in [2.75, 3.05) is 0 Å². The van der Waals surface area contributed by atoms with Crippen LogP contribution in [0.3, 0.4) is 0 Å². The number of amides is 1. The smallest absolute Gasteiger partial charge is 0.408 e. The van der Waals surface area contributed by atoms with Gasteiger partial charge in [0.2, 0.25) is 5.91 Å². The third-order valence-corrected chi connectivity index (χ3v) is 4.66. The second-order valence-corrected chi connectivity index (χ2v) is 6.86. The number of imidazole rings is 1. The van der Waals surface area contributed by atoms with Crippen LogP contribution in [-0.4, -0.2) is 19.9 Å². The van der Waals surface area contributed by atoms with Crippen LogP contribution in [-0.2, 0) is 11.3 Å². The van der Waals surface area contributed by atoms with Crippen LogP contribution in [0.15, 0.2) is 62.5 Å². The van der Waals surface area contributed by atoms with Crippen LogP contribution in [0.4, 0.5) is 0 Å². The third-order valence-electron chi connectivity index (χ3n) is 4.19. The molecule has 7 nitrogen and oxygen atoms in total. The number of benzene rings is 1. The van der Waals surface area contributed by atoms with Crippen molar-refractivity contribution in [2.45, 2.75) is 19.5 Å². The molecule has 4 rings (SSSR count). The Morgan fingerprint density at radius 3 is 2.92 bits per heavy atom. The number of hydrogen-bond acceptors (Lipinski definition) is 4. The van der Waals surface area contributed by atoms with Gasteiger partial charge in [-0.1, -0.05) is 12.1 Å². The van der Waals surface area contributed by atoms with Gasteiger partial charge in [-0.2, -0.15) is 0 Å². The molecule has 0 aliphatic carbocycles. The van der Waals surface area contributed by atoms with Gasteiger partial charge in [-0.25, -0.2) is 9.78 Å². The Balaban J connectivity index is 1.53. The van der Waals surface area contributed by atoms with E-state index in [4.69, 9.17) is 4.42 Å². The van der Waals surface area contributed by atoms with Crippen LogP contribution < -0.4 is 11.1 Å². The molecule has 3 aromatic heterocycles. The van der Waals surface area contributed by atoms with E-state index in [2.05, 4.69) is 26.2 Å². The summed E-state index contributed by atoms with van der Waals surface area (Å²) in [7, 11) is 0. The normalized spacial score (nSPS) is 12.5. The van der Waals surface area contributed by atoms with Gasteiger partial charge in [0.1, 0.15) is 11.7 Å². The number of nitrogens with zero attached hydrogens (tertiary/aromatic N) is 3. The highest BCUT2D eigenvalue weighted by Crippen LogP contribution is 2.17. The molecule has 1 amide bonds. The molecule has 26 heavy (non-hydrogen) atoms. The van der Waals surface area contributed by atoms with Crippen molar-refractivity contribution in [1.82, 2.24) is 19.3 Å². The zero-order chi connectivity index (χ0) is 18.3. The first-order chi connectivity index (χ1) is 12.5. The molecule has 0 saturated carbocycles. The Hall–Kier alpha value is -2.87. The fraction of sp³-hybridized carbons (Fsp3) is 0.167. The van der Waals surface area contributed by atoms with E-state index in [1.165, 1.54) is 4.57 Å². The first kappa shape index (κ1) is 16.6. The highest BCUT2D eigenvalue weighted by molar-refractivity contribution is 9.10. The van der Waals surface area contributed by atoms with Crippen molar-refractivity contribution >= 4 is 38.6 Å². The van der Waals surface area contributed by atoms with E-state index in [1.54, 1.807) is 31.2 Å². The predicted molar refractivity (Wildman–Crippen MR) is 99.9 cm³/mol. The van der Waals surface area contributed by atoms with Crippen molar-refractivity contribution < 1.29 is 9.21 Å². The number of aromatic nitrogens is 3.